The second-order valence-electron chi connectivity index (χ2n) is 8.13. The van der Waals surface area contributed by atoms with Gasteiger partial charge in [0.25, 0.3) is 0 Å². The summed E-state index contributed by atoms with van der Waals surface area (Å²) in [6, 6.07) is 10.0. The zero-order chi connectivity index (χ0) is 24.8. The summed E-state index contributed by atoms with van der Waals surface area (Å²) in [7, 11) is 1.41. The molecule has 0 aliphatic heterocycles. The number of amides is 1. The molecule has 0 spiro atoms. The van der Waals surface area contributed by atoms with Crippen molar-refractivity contribution >= 4 is 23.6 Å². The SMILES string of the molecule is CC(=O)c1cc(F)cnc1C.CCC1CCC(NC(=O)OC)CC1.CSc1cccc(C)c1. The molecule has 33 heavy (non-hydrogen) atoms. The number of benzene rings is 1. The van der Waals surface area contributed by atoms with Crippen molar-refractivity contribution in [3.05, 3.63) is 59.2 Å². The molecule has 1 saturated carbocycles. The van der Waals surface area contributed by atoms with E-state index >= 15 is 0 Å². The van der Waals surface area contributed by atoms with Gasteiger partial charge in [-0.05, 0) is 76.8 Å². The average molecular weight is 477 g/mol. The van der Waals surface area contributed by atoms with Gasteiger partial charge in [-0.15, -0.1) is 11.8 Å². The molecule has 1 amide bonds. The molecule has 1 fully saturated rings. The zero-order valence-electron chi connectivity index (χ0n) is 20.6. The number of aromatic nitrogens is 1. The maximum atomic E-state index is 12.5. The van der Waals surface area contributed by atoms with Gasteiger partial charge in [-0.2, -0.15) is 0 Å². The van der Waals surface area contributed by atoms with Gasteiger partial charge < -0.3 is 10.1 Å². The Morgan fingerprint density at radius 2 is 1.85 bits per heavy atom. The number of ketones is 1. The normalized spacial score (nSPS) is 16.9. The van der Waals surface area contributed by atoms with Crippen molar-refractivity contribution < 1.29 is 18.7 Å². The van der Waals surface area contributed by atoms with Crippen LogP contribution >= 0.6 is 11.8 Å². The van der Waals surface area contributed by atoms with Crippen LogP contribution in [0.3, 0.4) is 0 Å². The summed E-state index contributed by atoms with van der Waals surface area (Å²) in [5.74, 6) is 0.242. The number of pyridine rings is 1. The number of Topliss-reactive ketones (excluding diaryl/α,β-unsaturated/α-hetero) is 1. The van der Waals surface area contributed by atoms with Crippen LogP contribution in [0.5, 0.6) is 0 Å². The number of nitrogens with zero attached hydrogens (tertiary/aromatic N) is 1. The molecule has 3 rings (SSSR count). The maximum Gasteiger partial charge on any atom is 0.407 e. The number of nitrogens with one attached hydrogen (secondary N) is 1. The molecule has 1 aromatic carbocycles. The molecule has 1 N–H and O–H groups in total. The predicted octanol–water partition coefficient (Wildman–Crippen LogP) is 6.76. The molecule has 0 atom stereocenters. The van der Waals surface area contributed by atoms with E-state index in [4.69, 9.17) is 0 Å². The lowest BCUT2D eigenvalue weighted by Gasteiger charge is -2.27. The number of thioether (sulfide) groups is 1. The molecular weight excluding hydrogens is 439 g/mol. The van der Waals surface area contributed by atoms with E-state index in [0.717, 1.165) is 25.0 Å². The van der Waals surface area contributed by atoms with E-state index < -0.39 is 5.82 Å². The minimum absolute atomic E-state index is 0.158. The number of hydrogen-bond acceptors (Lipinski definition) is 5. The van der Waals surface area contributed by atoms with Crippen LogP contribution in [0, 0.1) is 25.6 Å². The number of hydrogen-bond donors (Lipinski definition) is 1. The summed E-state index contributed by atoms with van der Waals surface area (Å²) < 4.78 is 17.0. The van der Waals surface area contributed by atoms with Crippen molar-refractivity contribution in [2.24, 2.45) is 5.92 Å². The van der Waals surface area contributed by atoms with E-state index in [2.05, 4.69) is 59.4 Å². The third-order valence-corrected chi connectivity index (χ3v) is 6.31. The number of rotatable bonds is 4. The first kappa shape index (κ1) is 28.6. The first-order valence-electron chi connectivity index (χ1n) is 11.3. The highest BCUT2D eigenvalue weighted by Crippen LogP contribution is 2.26. The van der Waals surface area contributed by atoms with Gasteiger partial charge in [-0.1, -0.05) is 31.0 Å². The number of carbonyl (C=O) groups is 2. The molecule has 2 aromatic rings. The van der Waals surface area contributed by atoms with E-state index in [1.54, 1.807) is 18.7 Å². The molecule has 182 valence electrons. The minimum atomic E-state index is -0.471. The molecule has 5 nitrogen and oxygen atoms in total. The number of aryl methyl sites for hydroxylation is 2. The third kappa shape index (κ3) is 11.3. The van der Waals surface area contributed by atoms with Crippen LogP contribution < -0.4 is 5.32 Å². The molecule has 0 saturated heterocycles. The molecule has 1 aromatic heterocycles. The van der Waals surface area contributed by atoms with E-state index in [-0.39, 0.29) is 11.9 Å². The number of halogens is 1. The smallest absolute Gasteiger partial charge is 0.407 e. The van der Waals surface area contributed by atoms with E-state index in [1.165, 1.54) is 49.8 Å². The topological polar surface area (TPSA) is 68.3 Å². The Balaban J connectivity index is 0.000000252. The second-order valence-corrected chi connectivity index (χ2v) is 9.00. The maximum absolute atomic E-state index is 12.5. The van der Waals surface area contributed by atoms with Gasteiger partial charge in [0.05, 0.1) is 13.3 Å². The number of carbonyl (C=O) groups excluding carboxylic acids is 2. The number of ether oxygens (including phenoxy) is 1. The molecule has 1 aliphatic carbocycles. The average Bonchev–Trinajstić information content (AvgIpc) is 2.81. The first-order valence-corrected chi connectivity index (χ1v) is 12.5. The van der Waals surface area contributed by atoms with Crippen LogP contribution in [-0.4, -0.2) is 36.3 Å². The van der Waals surface area contributed by atoms with Gasteiger partial charge in [0.15, 0.2) is 5.78 Å². The van der Waals surface area contributed by atoms with Crippen molar-refractivity contribution in [2.45, 2.75) is 70.7 Å². The lowest BCUT2D eigenvalue weighted by Crippen LogP contribution is -2.37. The van der Waals surface area contributed by atoms with Gasteiger partial charge in [0.1, 0.15) is 5.82 Å². The van der Waals surface area contributed by atoms with Gasteiger partial charge in [-0.3, -0.25) is 9.78 Å². The van der Waals surface area contributed by atoms with Crippen LogP contribution in [0.4, 0.5) is 9.18 Å². The summed E-state index contributed by atoms with van der Waals surface area (Å²) in [6.07, 6.45) is 8.86. The molecular formula is C26H37FN2O3S. The van der Waals surface area contributed by atoms with Gasteiger partial charge in [0, 0.05) is 22.2 Å². The van der Waals surface area contributed by atoms with Crippen LogP contribution in [0.1, 0.15) is 67.6 Å². The van der Waals surface area contributed by atoms with Gasteiger partial charge >= 0.3 is 6.09 Å². The lowest BCUT2D eigenvalue weighted by atomic mass is 9.85. The standard InChI is InChI=1S/C10H19NO2.C8H8FNO.C8H10S/c1-3-8-4-6-9(7-5-8)11-10(12)13-2;1-5-8(6(2)11)3-7(9)4-10-5;1-7-4-3-5-8(6-7)9-2/h8-9H,3-7H2,1-2H3,(H,11,12);3-4H,1-2H3;3-6H,1-2H3. The van der Waals surface area contributed by atoms with E-state index in [0.29, 0.717) is 17.3 Å². The number of alkyl carbamates (subject to hydrolysis) is 1. The van der Waals surface area contributed by atoms with Crippen molar-refractivity contribution in [1.29, 1.82) is 0 Å². The first-order chi connectivity index (χ1) is 15.7. The third-order valence-electron chi connectivity index (χ3n) is 5.59. The van der Waals surface area contributed by atoms with E-state index in [9.17, 15) is 14.0 Å². The highest BCUT2D eigenvalue weighted by molar-refractivity contribution is 7.98. The Morgan fingerprint density at radius 1 is 1.18 bits per heavy atom. The van der Waals surface area contributed by atoms with Gasteiger partial charge in [0.2, 0.25) is 0 Å². The Bertz CT molecular complexity index is 884. The Hall–Kier alpha value is -2.41. The van der Waals surface area contributed by atoms with Crippen LogP contribution in [-0.2, 0) is 4.74 Å². The fourth-order valence-corrected chi connectivity index (χ4v) is 4.07. The fourth-order valence-electron chi connectivity index (χ4n) is 3.55. The van der Waals surface area contributed by atoms with Gasteiger partial charge in [-0.25, -0.2) is 9.18 Å². The predicted molar refractivity (Wildman–Crippen MR) is 133 cm³/mol. The largest absolute Gasteiger partial charge is 0.453 e. The molecule has 0 bridgehead atoms. The highest BCUT2D eigenvalue weighted by Gasteiger charge is 2.21. The molecule has 0 unspecified atom stereocenters. The quantitative estimate of drug-likeness (QED) is 0.390. The number of methoxy groups -OCH3 is 1. The summed E-state index contributed by atoms with van der Waals surface area (Å²) >= 11 is 1.78. The second kappa shape index (κ2) is 15.4. The minimum Gasteiger partial charge on any atom is -0.453 e. The van der Waals surface area contributed by atoms with Crippen LogP contribution in [0.15, 0.2) is 41.4 Å². The van der Waals surface area contributed by atoms with Crippen molar-refractivity contribution in [1.82, 2.24) is 10.3 Å². The highest BCUT2D eigenvalue weighted by atomic mass is 32.2. The fraction of sp³-hybridized carbons (Fsp3) is 0.500. The molecule has 7 heteroatoms. The summed E-state index contributed by atoms with van der Waals surface area (Å²) in [5.41, 5.74) is 2.26. The van der Waals surface area contributed by atoms with Crippen molar-refractivity contribution in [3.63, 3.8) is 0 Å². The monoisotopic (exact) mass is 476 g/mol. The van der Waals surface area contributed by atoms with Crippen LogP contribution in [0.25, 0.3) is 0 Å². The summed E-state index contributed by atoms with van der Waals surface area (Å²) in [4.78, 5) is 26.8. The zero-order valence-corrected chi connectivity index (χ0v) is 21.4. The summed E-state index contributed by atoms with van der Waals surface area (Å²) in [5, 5.41) is 2.85. The van der Waals surface area contributed by atoms with Crippen molar-refractivity contribution in [3.8, 4) is 0 Å². The molecule has 1 heterocycles. The molecule has 0 radical (unpaired) electrons. The Kier molecular flexibility index (Phi) is 13.4. The Labute approximate surface area is 201 Å². The molecule has 1 aliphatic rings. The summed E-state index contributed by atoms with van der Waals surface area (Å²) in [6.45, 7) is 7.41. The Morgan fingerprint density at radius 3 is 2.30 bits per heavy atom. The van der Waals surface area contributed by atoms with Crippen molar-refractivity contribution in [2.75, 3.05) is 13.4 Å². The van der Waals surface area contributed by atoms with Crippen LogP contribution in [0.2, 0.25) is 0 Å². The lowest BCUT2D eigenvalue weighted by molar-refractivity contribution is 0.101. The van der Waals surface area contributed by atoms with E-state index in [1.807, 2.05) is 0 Å².